The highest BCUT2D eigenvalue weighted by atomic mass is 16.5. The topological polar surface area (TPSA) is 29.5 Å². The van der Waals surface area contributed by atoms with Gasteiger partial charge in [-0.2, -0.15) is 0 Å². The molecule has 0 N–H and O–H groups in total. The lowest BCUT2D eigenvalue weighted by molar-refractivity contribution is -0.138. The molecule has 0 aromatic rings. The number of hydrogen-bond donors (Lipinski definition) is 0. The zero-order valence-corrected chi connectivity index (χ0v) is 10.3. The maximum atomic E-state index is 12.3. The van der Waals surface area contributed by atoms with Gasteiger partial charge < -0.3 is 9.64 Å². The molecule has 0 aromatic heterocycles. The maximum Gasteiger partial charge on any atom is 0.225 e. The van der Waals surface area contributed by atoms with Crippen molar-refractivity contribution in [2.24, 2.45) is 11.8 Å². The quantitative estimate of drug-likeness (QED) is 0.717. The normalized spacial score (nSPS) is 22.1. The van der Waals surface area contributed by atoms with Crippen molar-refractivity contribution in [3.63, 3.8) is 0 Å². The van der Waals surface area contributed by atoms with E-state index in [1.54, 1.807) is 0 Å². The van der Waals surface area contributed by atoms with Gasteiger partial charge in [0.15, 0.2) is 0 Å². The van der Waals surface area contributed by atoms with Gasteiger partial charge in [-0.05, 0) is 38.0 Å². The molecule has 3 nitrogen and oxygen atoms in total. The van der Waals surface area contributed by atoms with Crippen molar-refractivity contribution in [1.82, 2.24) is 4.90 Å². The van der Waals surface area contributed by atoms with Crippen LogP contribution in [-0.4, -0.2) is 37.1 Å². The van der Waals surface area contributed by atoms with E-state index in [-0.39, 0.29) is 5.92 Å². The lowest BCUT2D eigenvalue weighted by Crippen LogP contribution is -2.40. The highest BCUT2D eigenvalue weighted by molar-refractivity contribution is 5.79. The highest BCUT2D eigenvalue weighted by Crippen LogP contribution is 2.30. The Morgan fingerprint density at radius 2 is 1.94 bits per heavy atom. The van der Waals surface area contributed by atoms with E-state index < -0.39 is 0 Å². The van der Waals surface area contributed by atoms with Crippen LogP contribution in [0.2, 0.25) is 0 Å². The molecule has 0 radical (unpaired) electrons. The summed E-state index contributed by atoms with van der Waals surface area (Å²) in [6.07, 6.45) is 5.55. The van der Waals surface area contributed by atoms with Gasteiger partial charge in [0.1, 0.15) is 0 Å². The molecule has 3 heteroatoms. The predicted octanol–water partition coefficient (Wildman–Crippen LogP) is 2.06. The largest absolute Gasteiger partial charge is 0.381 e. The fraction of sp³-hybridized carbons (Fsp3) is 0.923. The summed E-state index contributed by atoms with van der Waals surface area (Å²) in [4.78, 5) is 14.4. The first kappa shape index (κ1) is 11.9. The molecule has 0 bridgehead atoms. The van der Waals surface area contributed by atoms with Crippen LogP contribution in [0.25, 0.3) is 0 Å². The molecule has 1 saturated heterocycles. The Morgan fingerprint density at radius 1 is 1.25 bits per heavy atom. The van der Waals surface area contributed by atoms with Crippen molar-refractivity contribution in [2.75, 3.05) is 26.3 Å². The van der Waals surface area contributed by atoms with Crippen LogP contribution in [0.5, 0.6) is 0 Å². The van der Waals surface area contributed by atoms with Crippen molar-refractivity contribution >= 4 is 5.91 Å². The first-order valence-electron chi connectivity index (χ1n) is 6.67. The van der Waals surface area contributed by atoms with E-state index in [4.69, 9.17) is 4.74 Å². The molecule has 16 heavy (non-hydrogen) atoms. The summed E-state index contributed by atoms with van der Waals surface area (Å²) in [6.45, 7) is 5.62. The minimum Gasteiger partial charge on any atom is -0.381 e. The van der Waals surface area contributed by atoms with Crippen molar-refractivity contribution in [3.8, 4) is 0 Å². The molecule has 0 spiro atoms. The number of ether oxygens (including phenoxy) is 1. The molecule has 2 fully saturated rings. The molecule has 2 aliphatic rings. The lowest BCUT2D eigenvalue weighted by atomic mass is 9.98. The van der Waals surface area contributed by atoms with Crippen LogP contribution in [0.3, 0.4) is 0 Å². The fourth-order valence-electron chi connectivity index (χ4n) is 2.38. The molecule has 1 heterocycles. The van der Waals surface area contributed by atoms with E-state index >= 15 is 0 Å². The van der Waals surface area contributed by atoms with Crippen molar-refractivity contribution < 1.29 is 9.53 Å². The summed E-state index contributed by atoms with van der Waals surface area (Å²) in [7, 11) is 0. The molecule has 1 aliphatic carbocycles. The Labute approximate surface area is 98.1 Å². The monoisotopic (exact) mass is 225 g/mol. The molecular formula is C13H23NO2. The van der Waals surface area contributed by atoms with Gasteiger partial charge in [0.25, 0.3) is 0 Å². The third-order valence-corrected chi connectivity index (χ3v) is 3.55. The lowest BCUT2D eigenvalue weighted by Gasteiger charge is -2.29. The molecule has 1 saturated carbocycles. The minimum absolute atomic E-state index is 0.235. The maximum absolute atomic E-state index is 12.3. The van der Waals surface area contributed by atoms with Gasteiger partial charge in [-0.3, -0.25) is 4.79 Å². The van der Waals surface area contributed by atoms with E-state index in [0.29, 0.717) is 5.91 Å². The van der Waals surface area contributed by atoms with E-state index in [2.05, 4.69) is 11.8 Å². The third kappa shape index (κ3) is 3.21. The molecule has 0 atom stereocenters. The second kappa shape index (κ2) is 5.67. The summed E-state index contributed by atoms with van der Waals surface area (Å²) in [6, 6.07) is 0. The van der Waals surface area contributed by atoms with Crippen molar-refractivity contribution in [1.29, 1.82) is 0 Å². The molecule has 1 aliphatic heterocycles. The Morgan fingerprint density at radius 3 is 2.50 bits per heavy atom. The smallest absolute Gasteiger partial charge is 0.225 e. The van der Waals surface area contributed by atoms with E-state index in [0.717, 1.165) is 51.5 Å². The number of rotatable bonds is 5. The van der Waals surface area contributed by atoms with E-state index in [9.17, 15) is 4.79 Å². The van der Waals surface area contributed by atoms with Gasteiger partial charge in [0, 0.05) is 32.2 Å². The first-order valence-corrected chi connectivity index (χ1v) is 6.67. The van der Waals surface area contributed by atoms with Crippen LogP contribution in [0.4, 0.5) is 0 Å². The fourth-order valence-corrected chi connectivity index (χ4v) is 2.38. The minimum atomic E-state index is 0.235. The van der Waals surface area contributed by atoms with E-state index in [1.807, 2.05) is 0 Å². The average molecular weight is 225 g/mol. The van der Waals surface area contributed by atoms with Crippen molar-refractivity contribution in [2.45, 2.75) is 39.0 Å². The zero-order chi connectivity index (χ0) is 11.4. The number of carbonyl (C=O) groups is 1. The zero-order valence-electron chi connectivity index (χ0n) is 10.3. The Hall–Kier alpha value is -0.570. The van der Waals surface area contributed by atoms with Crippen LogP contribution in [0.1, 0.15) is 39.0 Å². The summed E-state index contributed by atoms with van der Waals surface area (Å²) in [5.74, 6) is 1.42. The molecule has 2 rings (SSSR count). The Kier molecular flexibility index (Phi) is 4.22. The van der Waals surface area contributed by atoms with Gasteiger partial charge >= 0.3 is 0 Å². The summed E-state index contributed by atoms with van der Waals surface area (Å²) >= 11 is 0. The predicted molar refractivity (Wildman–Crippen MR) is 63.1 cm³/mol. The van der Waals surface area contributed by atoms with Gasteiger partial charge in [0.05, 0.1) is 0 Å². The SMILES string of the molecule is CCCN(CC1CC1)C(=O)C1CCOCC1. The van der Waals surface area contributed by atoms with Crippen molar-refractivity contribution in [3.05, 3.63) is 0 Å². The number of amides is 1. The van der Waals surface area contributed by atoms with Gasteiger partial charge in [-0.15, -0.1) is 0 Å². The third-order valence-electron chi connectivity index (χ3n) is 3.55. The summed E-state index contributed by atoms with van der Waals surface area (Å²) in [5.41, 5.74) is 0. The number of hydrogen-bond acceptors (Lipinski definition) is 2. The second-order valence-corrected chi connectivity index (χ2v) is 5.11. The van der Waals surface area contributed by atoms with Crippen LogP contribution in [-0.2, 0) is 9.53 Å². The second-order valence-electron chi connectivity index (χ2n) is 5.11. The Balaban J connectivity index is 1.86. The molecule has 92 valence electrons. The average Bonchev–Trinajstić information content (AvgIpc) is 3.13. The molecular weight excluding hydrogens is 202 g/mol. The number of nitrogens with zero attached hydrogens (tertiary/aromatic N) is 1. The van der Waals surface area contributed by atoms with Crippen LogP contribution >= 0.6 is 0 Å². The van der Waals surface area contributed by atoms with Crippen LogP contribution < -0.4 is 0 Å². The summed E-state index contributed by atoms with van der Waals surface area (Å²) < 4.78 is 5.31. The standard InChI is InChI=1S/C13H23NO2/c1-2-7-14(10-11-3-4-11)13(15)12-5-8-16-9-6-12/h11-12H,2-10H2,1H3. The molecule has 1 amide bonds. The number of carbonyl (C=O) groups excluding carboxylic acids is 1. The van der Waals surface area contributed by atoms with E-state index in [1.165, 1.54) is 12.8 Å². The first-order chi connectivity index (χ1) is 7.81. The van der Waals surface area contributed by atoms with Crippen LogP contribution in [0.15, 0.2) is 0 Å². The van der Waals surface area contributed by atoms with Gasteiger partial charge in [-0.1, -0.05) is 6.92 Å². The Bertz CT molecular complexity index is 232. The molecule has 0 aromatic carbocycles. The highest BCUT2D eigenvalue weighted by Gasteiger charge is 2.30. The summed E-state index contributed by atoms with van der Waals surface area (Å²) in [5, 5.41) is 0. The van der Waals surface area contributed by atoms with Gasteiger partial charge in [-0.25, -0.2) is 0 Å². The molecule has 0 unspecified atom stereocenters. The van der Waals surface area contributed by atoms with Gasteiger partial charge in [0.2, 0.25) is 5.91 Å². The van der Waals surface area contributed by atoms with Crippen LogP contribution in [0, 0.1) is 11.8 Å².